The van der Waals surface area contributed by atoms with Crippen LogP contribution in [0.15, 0.2) is 22.9 Å². The number of halogens is 1. The molecule has 1 atom stereocenters. The zero-order chi connectivity index (χ0) is 14.9. The predicted molar refractivity (Wildman–Crippen MR) is 81.1 cm³/mol. The molecule has 1 aromatic carbocycles. The Labute approximate surface area is 126 Å². The average molecular weight is 340 g/mol. The van der Waals surface area contributed by atoms with Crippen LogP contribution in [0.1, 0.15) is 18.2 Å². The minimum absolute atomic E-state index is 0.261. The second kappa shape index (κ2) is 5.73. The van der Waals surface area contributed by atoms with E-state index in [1.165, 1.54) is 0 Å². The molecule has 0 saturated heterocycles. The Kier molecular flexibility index (Phi) is 4.39. The lowest BCUT2D eigenvalue weighted by molar-refractivity contribution is -0.273. The van der Waals surface area contributed by atoms with Crippen molar-refractivity contribution in [3.8, 4) is 0 Å². The van der Waals surface area contributed by atoms with Crippen LogP contribution in [0.2, 0.25) is 0 Å². The molecule has 6 heteroatoms. The van der Waals surface area contributed by atoms with Crippen molar-refractivity contribution in [2.24, 2.45) is 0 Å². The number of aliphatic hydroxyl groups is 1. The van der Waals surface area contributed by atoms with Gasteiger partial charge < -0.3 is 9.84 Å². The van der Waals surface area contributed by atoms with E-state index < -0.39 is 5.91 Å². The fraction of sp³-hybridized carbons (Fsp3) is 0.429. The van der Waals surface area contributed by atoms with Gasteiger partial charge in [0.2, 0.25) is 5.91 Å². The van der Waals surface area contributed by atoms with Gasteiger partial charge in [-0.25, -0.2) is 9.97 Å². The minimum Gasteiger partial charge on any atom is -0.353 e. The Bertz CT molecular complexity index is 629. The largest absolute Gasteiger partial charge is 0.353 e. The van der Waals surface area contributed by atoms with Gasteiger partial charge in [-0.1, -0.05) is 15.9 Å². The second-order valence-electron chi connectivity index (χ2n) is 5.04. The first-order valence-corrected chi connectivity index (χ1v) is 7.04. The van der Waals surface area contributed by atoms with Gasteiger partial charge >= 0.3 is 0 Å². The van der Waals surface area contributed by atoms with Crippen molar-refractivity contribution in [3.63, 3.8) is 0 Å². The third-order valence-corrected chi connectivity index (χ3v) is 3.77. The number of benzene rings is 1. The quantitative estimate of drug-likeness (QED) is 0.867. The van der Waals surface area contributed by atoms with Crippen LogP contribution in [-0.4, -0.2) is 40.0 Å². The summed E-state index contributed by atoms with van der Waals surface area (Å²) in [4.78, 5) is 10.1. The highest BCUT2D eigenvalue weighted by Crippen LogP contribution is 2.26. The van der Waals surface area contributed by atoms with Crippen molar-refractivity contribution in [1.82, 2.24) is 14.9 Å². The lowest BCUT2D eigenvalue weighted by atomic mass is 10.1. The SMILES string of the molecule is Cc1ncnc2c(COC(C)(O)N(C)C)cc(Br)cc12. The van der Waals surface area contributed by atoms with E-state index in [0.717, 1.165) is 26.6 Å². The van der Waals surface area contributed by atoms with Gasteiger partial charge in [-0.3, -0.25) is 4.90 Å². The summed E-state index contributed by atoms with van der Waals surface area (Å²) in [5, 5.41) is 11.1. The molecule has 2 rings (SSSR count). The summed E-state index contributed by atoms with van der Waals surface area (Å²) in [5.41, 5.74) is 2.66. The van der Waals surface area contributed by atoms with Crippen molar-refractivity contribution in [1.29, 1.82) is 0 Å². The lowest BCUT2D eigenvalue weighted by Gasteiger charge is -2.30. The molecule has 1 heterocycles. The van der Waals surface area contributed by atoms with E-state index in [-0.39, 0.29) is 6.61 Å². The molecule has 1 aromatic heterocycles. The van der Waals surface area contributed by atoms with Gasteiger partial charge in [0.25, 0.3) is 0 Å². The van der Waals surface area contributed by atoms with Gasteiger partial charge in [0.05, 0.1) is 12.1 Å². The van der Waals surface area contributed by atoms with E-state index in [2.05, 4.69) is 25.9 Å². The summed E-state index contributed by atoms with van der Waals surface area (Å²) in [7, 11) is 3.51. The van der Waals surface area contributed by atoms with Gasteiger partial charge in [-0.15, -0.1) is 0 Å². The summed E-state index contributed by atoms with van der Waals surface area (Å²) in [6, 6.07) is 3.93. The van der Waals surface area contributed by atoms with Crippen LogP contribution < -0.4 is 0 Å². The Morgan fingerprint density at radius 2 is 2.05 bits per heavy atom. The fourth-order valence-corrected chi connectivity index (χ4v) is 2.29. The number of fused-ring (bicyclic) bond motifs is 1. The van der Waals surface area contributed by atoms with Crippen molar-refractivity contribution in [3.05, 3.63) is 34.2 Å². The maximum absolute atomic E-state index is 10.1. The molecule has 0 saturated carbocycles. The zero-order valence-electron chi connectivity index (χ0n) is 12.0. The normalized spacial score (nSPS) is 14.8. The third-order valence-electron chi connectivity index (χ3n) is 3.31. The highest BCUT2D eigenvalue weighted by Gasteiger charge is 2.24. The molecule has 0 amide bonds. The molecule has 20 heavy (non-hydrogen) atoms. The number of ether oxygens (including phenoxy) is 1. The van der Waals surface area contributed by atoms with Crippen LogP contribution >= 0.6 is 15.9 Å². The number of hydrogen-bond acceptors (Lipinski definition) is 5. The summed E-state index contributed by atoms with van der Waals surface area (Å²) < 4.78 is 6.52. The van der Waals surface area contributed by atoms with Gasteiger partial charge in [0, 0.05) is 28.0 Å². The molecule has 0 bridgehead atoms. The van der Waals surface area contributed by atoms with E-state index in [1.54, 1.807) is 32.2 Å². The molecule has 2 aromatic rings. The Morgan fingerprint density at radius 1 is 1.35 bits per heavy atom. The molecule has 1 unspecified atom stereocenters. The first-order valence-electron chi connectivity index (χ1n) is 6.25. The average Bonchev–Trinajstić information content (AvgIpc) is 2.37. The standard InChI is InChI=1S/C14H18BrN3O2/c1-9-12-6-11(15)5-10(13(12)17-8-16-9)7-20-14(2,19)18(3)4/h5-6,8,19H,7H2,1-4H3. The van der Waals surface area contributed by atoms with Crippen molar-refractivity contribution < 1.29 is 9.84 Å². The van der Waals surface area contributed by atoms with Gasteiger partial charge in [-0.05, 0) is 33.2 Å². The Morgan fingerprint density at radius 3 is 2.70 bits per heavy atom. The van der Waals surface area contributed by atoms with E-state index in [0.29, 0.717) is 0 Å². The number of rotatable bonds is 4. The van der Waals surface area contributed by atoms with Crippen LogP contribution in [0.4, 0.5) is 0 Å². The monoisotopic (exact) mass is 339 g/mol. The van der Waals surface area contributed by atoms with E-state index in [4.69, 9.17) is 4.74 Å². The first kappa shape index (κ1) is 15.3. The molecule has 1 N–H and O–H groups in total. The van der Waals surface area contributed by atoms with Gasteiger partial charge in [-0.2, -0.15) is 0 Å². The maximum Gasteiger partial charge on any atom is 0.224 e. The Hall–Kier alpha value is -1.08. The van der Waals surface area contributed by atoms with Crippen LogP contribution in [0.5, 0.6) is 0 Å². The summed E-state index contributed by atoms with van der Waals surface area (Å²) in [6.45, 7) is 3.81. The van der Waals surface area contributed by atoms with Crippen LogP contribution in [-0.2, 0) is 11.3 Å². The molecule has 5 nitrogen and oxygen atoms in total. The molecule has 0 fully saturated rings. The van der Waals surface area contributed by atoms with E-state index in [9.17, 15) is 5.11 Å². The molecule has 108 valence electrons. The first-order chi connectivity index (χ1) is 9.31. The van der Waals surface area contributed by atoms with Gasteiger partial charge in [0.15, 0.2) is 0 Å². The summed E-state index contributed by atoms with van der Waals surface area (Å²) >= 11 is 3.48. The highest BCUT2D eigenvalue weighted by atomic mass is 79.9. The van der Waals surface area contributed by atoms with Crippen molar-refractivity contribution in [2.75, 3.05) is 14.1 Å². The summed E-state index contributed by atoms with van der Waals surface area (Å²) in [6.07, 6.45) is 1.54. The molecule has 0 aliphatic heterocycles. The molecule has 0 aliphatic rings. The number of aryl methyl sites for hydroxylation is 1. The highest BCUT2D eigenvalue weighted by molar-refractivity contribution is 9.10. The van der Waals surface area contributed by atoms with E-state index in [1.807, 2.05) is 19.1 Å². The molecular formula is C14H18BrN3O2. The van der Waals surface area contributed by atoms with Crippen LogP contribution in [0, 0.1) is 6.92 Å². The zero-order valence-corrected chi connectivity index (χ0v) is 13.6. The Balaban J connectivity index is 2.37. The molecule has 0 aliphatic carbocycles. The second-order valence-corrected chi connectivity index (χ2v) is 5.95. The third kappa shape index (κ3) is 3.15. The number of hydrogen-bond donors (Lipinski definition) is 1. The topological polar surface area (TPSA) is 58.5 Å². The van der Waals surface area contributed by atoms with Crippen molar-refractivity contribution >= 4 is 26.8 Å². The van der Waals surface area contributed by atoms with Crippen LogP contribution in [0.25, 0.3) is 10.9 Å². The van der Waals surface area contributed by atoms with Gasteiger partial charge in [0.1, 0.15) is 6.33 Å². The summed E-state index contributed by atoms with van der Waals surface area (Å²) in [5.74, 6) is -1.32. The number of nitrogens with zero attached hydrogens (tertiary/aromatic N) is 3. The van der Waals surface area contributed by atoms with Crippen molar-refractivity contribution in [2.45, 2.75) is 26.4 Å². The molecule has 0 radical (unpaired) electrons. The smallest absolute Gasteiger partial charge is 0.224 e. The lowest BCUT2D eigenvalue weighted by Crippen LogP contribution is -2.43. The number of aromatic nitrogens is 2. The maximum atomic E-state index is 10.1. The van der Waals surface area contributed by atoms with E-state index >= 15 is 0 Å². The minimum atomic E-state index is -1.32. The van der Waals surface area contributed by atoms with Crippen LogP contribution in [0.3, 0.4) is 0 Å². The fourth-order valence-electron chi connectivity index (χ4n) is 1.78. The predicted octanol–water partition coefficient (Wildman–Crippen LogP) is 2.44. The molecule has 0 spiro atoms. The molecular weight excluding hydrogens is 322 g/mol.